The number of aliphatic imine (C=N–C) groups is 1. The molecule has 2 aromatic rings. The summed E-state index contributed by atoms with van der Waals surface area (Å²) >= 11 is 0. The first-order valence-corrected chi connectivity index (χ1v) is 11.3. The zero-order valence-electron chi connectivity index (χ0n) is 18.6. The van der Waals surface area contributed by atoms with E-state index in [1.807, 2.05) is 30.3 Å². The van der Waals surface area contributed by atoms with Crippen LogP contribution >= 0.6 is 0 Å². The molecule has 0 spiro atoms. The summed E-state index contributed by atoms with van der Waals surface area (Å²) in [7, 11) is 1.80. The molecule has 4 rings (SSSR count). The van der Waals surface area contributed by atoms with Crippen LogP contribution in [0, 0.1) is 0 Å². The zero-order valence-corrected chi connectivity index (χ0v) is 18.6. The molecule has 9 heteroatoms. The van der Waals surface area contributed by atoms with E-state index in [0.717, 1.165) is 69.4 Å². The van der Waals surface area contributed by atoms with Crippen LogP contribution in [0.3, 0.4) is 0 Å². The van der Waals surface area contributed by atoms with Crippen molar-refractivity contribution >= 4 is 11.9 Å². The molecular weight excluding hydrogens is 408 g/mol. The number of hydrogen-bond donors (Lipinski definition) is 2. The minimum absolute atomic E-state index is 0.0602. The Kier molecular flexibility index (Phi) is 7.73. The van der Waals surface area contributed by atoms with Gasteiger partial charge in [-0.05, 0) is 30.5 Å². The van der Waals surface area contributed by atoms with Gasteiger partial charge in [0.25, 0.3) is 5.91 Å². The molecule has 2 fully saturated rings. The van der Waals surface area contributed by atoms with E-state index in [1.165, 1.54) is 0 Å². The Bertz CT molecular complexity index is 887. The monoisotopic (exact) mass is 440 g/mol. The van der Waals surface area contributed by atoms with Crippen LogP contribution in [0.4, 0.5) is 0 Å². The maximum atomic E-state index is 12.5. The first-order valence-electron chi connectivity index (χ1n) is 11.3. The summed E-state index contributed by atoms with van der Waals surface area (Å²) in [6, 6.07) is 9.62. The highest BCUT2D eigenvalue weighted by molar-refractivity contribution is 5.94. The van der Waals surface area contributed by atoms with Crippen molar-refractivity contribution in [3.8, 4) is 0 Å². The van der Waals surface area contributed by atoms with Gasteiger partial charge in [-0.15, -0.1) is 0 Å². The van der Waals surface area contributed by atoms with Gasteiger partial charge in [0, 0.05) is 71.1 Å². The predicted octanol–water partition coefficient (Wildman–Crippen LogP) is 1.48. The van der Waals surface area contributed by atoms with Crippen molar-refractivity contribution in [3.63, 3.8) is 0 Å². The number of rotatable bonds is 7. The van der Waals surface area contributed by atoms with Crippen molar-refractivity contribution in [2.75, 3.05) is 46.4 Å². The predicted molar refractivity (Wildman–Crippen MR) is 121 cm³/mol. The lowest BCUT2D eigenvalue weighted by Gasteiger charge is -2.36. The highest BCUT2D eigenvalue weighted by Crippen LogP contribution is 2.12. The highest BCUT2D eigenvalue weighted by atomic mass is 16.5. The summed E-state index contributed by atoms with van der Waals surface area (Å²) in [5, 5.41) is 10.4. The van der Waals surface area contributed by atoms with E-state index in [9.17, 15) is 4.79 Å². The van der Waals surface area contributed by atoms with E-state index >= 15 is 0 Å². The number of ether oxygens (including phenoxy) is 1. The van der Waals surface area contributed by atoms with Crippen LogP contribution < -0.4 is 10.6 Å². The molecule has 0 aliphatic carbocycles. The maximum Gasteiger partial charge on any atom is 0.251 e. The lowest BCUT2D eigenvalue weighted by Crippen LogP contribution is -2.52. The average Bonchev–Trinajstić information content (AvgIpc) is 3.53. The smallest absolute Gasteiger partial charge is 0.251 e. The van der Waals surface area contributed by atoms with Crippen molar-refractivity contribution in [2.45, 2.75) is 32.0 Å². The minimum Gasteiger partial charge on any atom is -0.376 e. The molecule has 2 N–H and O–H groups in total. The number of hydrogen-bond acceptors (Lipinski definition) is 6. The molecular formula is C23H32N6O3. The van der Waals surface area contributed by atoms with Crippen LogP contribution in [0.2, 0.25) is 0 Å². The molecule has 1 unspecified atom stereocenters. The van der Waals surface area contributed by atoms with Gasteiger partial charge in [0.2, 0.25) is 0 Å². The number of aromatic nitrogens is 1. The number of nitrogens with zero attached hydrogens (tertiary/aromatic N) is 4. The topological polar surface area (TPSA) is 95.2 Å². The quantitative estimate of drug-likeness (QED) is 0.497. The van der Waals surface area contributed by atoms with E-state index in [-0.39, 0.29) is 12.0 Å². The van der Waals surface area contributed by atoms with Crippen LogP contribution in [0.1, 0.15) is 34.5 Å². The third-order valence-corrected chi connectivity index (χ3v) is 5.91. The summed E-state index contributed by atoms with van der Waals surface area (Å²) in [6.07, 6.45) is 3.83. The van der Waals surface area contributed by atoms with Crippen molar-refractivity contribution in [1.29, 1.82) is 0 Å². The largest absolute Gasteiger partial charge is 0.376 e. The maximum absolute atomic E-state index is 12.5. The van der Waals surface area contributed by atoms with Gasteiger partial charge in [0.1, 0.15) is 6.26 Å². The number of piperazine rings is 1. The summed E-state index contributed by atoms with van der Waals surface area (Å²) in [6.45, 7) is 6.43. The third kappa shape index (κ3) is 6.08. The van der Waals surface area contributed by atoms with Crippen LogP contribution in [0.25, 0.3) is 0 Å². The standard InChI is InChI=1S/C23H32N6O3/c1-24-23(29-10-8-28(9-11-29)17-20-7-13-32-27-20)26-15-18-4-2-5-19(14-18)22(30)25-16-21-6-3-12-31-21/h2,4-5,7,13-14,21H,3,6,8-12,15-17H2,1H3,(H,24,26)(H,25,30). The second kappa shape index (κ2) is 11.1. The van der Waals surface area contributed by atoms with Crippen molar-refractivity contribution < 1.29 is 14.1 Å². The Morgan fingerprint density at radius 1 is 1.22 bits per heavy atom. The van der Waals surface area contributed by atoms with Crippen LogP contribution in [0.15, 0.2) is 46.1 Å². The molecule has 0 bridgehead atoms. The van der Waals surface area contributed by atoms with E-state index in [0.29, 0.717) is 18.7 Å². The van der Waals surface area contributed by atoms with Crippen LogP contribution in [-0.2, 0) is 17.8 Å². The van der Waals surface area contributed by atoms with Gasteiger partial charge >= 0.3 is 0 Å². The molecule has 2 aliphatic rings. The number of nitrogens with one attached hydrogen (secondary N) is 2. The third-order valence-electron chi connectivity index (χ3n) is 5.91. The average molecular weight is 441 g/mol. The van der Waals surface area contributed by atoms with Gasteiger partial charge < -0.3 is 24.8 Å². The van der Waals surface area contributed by atoms with E-state index < -0.39 is 0 Å². The molecule has 3 heterocycles. The van der Waals surface area contributed by atoms with Crippen LogP contribution in [-0.4, -0.2) is 79.3 Å². The minimum atomic E-state index is -0.0602. The van der Waals surface area contributed by atoms with Gasteiger partial charge in [-0.2, -0.15) is 0 Å². The van der Waals surface area contributed by atoms with Gasteiger partial charge in [0.05, 0.1) is 11.8 Å². The molecule has 32 heavy (non-hydrogen) atoms. The SMILES string of the molecule is CN=C(NCc1cccc(C(=O)NCC2CCCO2)c1)N1CCN(Cc2ccon2)CC1. The summed E-state index contributed by atoms with van der Waals surface area (Å²) in [5.41, 5.74) is 2.67. The molecule has 1 aromatic heterocycles. The van der Waals surface area contributed by atoms with Gasteiger partial charge in [0.15, 0.2) is 5.96 Å². The molecule has 1 amide bonds. The second-order valence-corrected chi connectivity index (χ2v) is 8.20. The summed E-state index contributed by atoms with van der Waals surface area (Å²) in [5.74, 6) is 0.814. The fourth-order valence-corrected chi connectivity index (χ4v) is 4.12. The lowest BCUT2D eigenvalue weighted by atomic mass is 10.1. The van der Waals surface area contributed by atoms with Gasteiger partial charge in [-0.1, -0.05) is 17.3 Å². The first kappa shape index (κ1) is 22.3. The Hall–Kier alpha value is -2.91. The Morgan fingerprint density at radius 3 is 2.81 bits per heavy atom. The molecule has 0 radical (unpaired) electrons. The van der Waals surface area contributed by atoms with Crippen molar-refractivity contribution in [3.05, 3.63) is 53.4 Å². The molecule has 9 nitrogen and oxygen atoms in total. The number of carbonyl (C=O) groups is 1. The van der Waals surface area contributed by atoms with Crippen LogP contribution in [0.5, 0.6) is 0 Å². The molecule has 1 atom stereocenters. The summed E-state index contributed by atoms with van der Waals surface area (Å²) in [4.78, 5) is 21.6. The Morgan fingerprint density at radius 2 is 2.09 bits per heavy atom. The number of guanidine groups is 1. The number of carbonyl (C=O) groups excluding carboxylic acids is 1. The normalized spacial score (nSPS) is 19.8. The number of benzene rings is 1. The van der Waals surface area contributed by atoms with Crippen molar-refractivity contribution in [2.24, 2.45) is 4.99 Å². The zero-order chi connectivity index (χ0) is 22.2. The van der Waals surface area contributed by atoms with E-state index in [4.69, 9.17) is 9.26 Å². The fourth-order valence-electron chi connectivity index (χ4n) is 4.12. The van der Waals surface area contributed by atoms with Crippen molar-refractivity contribution in [1.82, 2.24) is 25.6 Å². The first-order chi connectivity index (χ1) is 15.7. The van der Waals surface area contributed by atoms with E-state index in [1.54, 1.807) is 13.3 Å². The van der Waals surface area contributed by atoms with Gasteiger partial charge in [-0.3, -0.25) is 14.7 Å². The Balaban J connectivity index is 1.24. The molecule has 1 aromatic carbocycles. The Labute approximate surface area is 188 Å². The van der Waals surface area contributed by atoms with Gasteiger partial charge in [-0.25, -0.2) is 0 Å². The fraction of sp³-hybridized carbons (Fsp3) is 0.522. The summed E-state index contributed by atoms with van der Waals surface area (Å²) < 4.78 is 10.5. The molecule has 2 aliphatic heterocycles. The molecule has 172 valence electrons. The molecule has 2 saturated heterocycles. The van der Waals surface area contributed by atoms with E-state index in [2.05, 4.69) is 30.6 Å². The highest BCUT2D eigenvalue weighted by Gasteiger charge is 2.20. The lowest BCUT2D eigenvalue weighted by molar-refractivity contribution is 0.0857. The second-order valence-electron chi connectivity index (χ2n) is 8.20. The molecule has 0 saturated carbocycles. The number of amides is 1.